The molecule has 0 aliphatic carbocycles. The van der Waals surface area contributed by atoms with E-state index in [1.165, 1.54) is 43.0 Å². The van der Waals surface area contributed by atoms with Gasteiger partial charge in [-0.25, -0.2) is 4.39 Å². The molecule has 1 heterocycles. The zero-order valence-electron chi connectivity index (χ0n) is 14.1. The minimum Gasteiger partial charge on any atom is -0.495 e. The van der Waals surface area contributed by atoms with Gasteiger partial charge in [0.15, 0.2) is 0 Å². The summed E-state index contributed by atoms with van der Waals surface area (Å²) in [5, 5.41) is 3.30. The number of hydrogen-bond acceptors (Lipinski definition) is 3. The van der Waals surface area contributed by atoms with E-state index in [2.05, 4.69) is 5.32 Å². The molecule has 6 heteroatoms. The smallest absolute Gasteiger partial charge is 0.257 e. The lowest BCUT2D eigenvalue weighted by Gasteiger charge is -2.10. The normalized spacial score (nSPS) is 10.7. The number of fused-ring (bicyclic) bond motifs is 1. The molecule has 0 radical (unpaired) electrons. The van der Waals surface area contributed by atoms with E-state index >= 15 is 0 Å². The molecular formula is C19H17FN2O3. The number of rotatable bonds is 3. The highest BCUT2D eigenvalue weighted by molar-refractivity contribution is 6.14. The Morgan fingerprint density at radius 1 is 1.16 bits per heavy atom. The van der Waals surface area contributed by atoms with Crippen LogP contribution in [-0.2, 0) is 0 Å². The molecule has 1 N–H and O–H groups in total. The van der Waals surface area contributed by atoms with Crippen LogP contribution in [0.2, 0.25) is 0 Å². The number of aryl methyl sites for hydroxylation is 1. The number of amides is 1. The number of aromatic nitrogens is 1. The molecule has 0 fully saturated rings. The summed E-state index contributed by atoms with van der Waals surface area (Å²) in [6.45, 7) is 3.26. The molecule has 0 spiro atoms. The summed E-state index contributed by atoms with van der Waals surface area (Å²) in [6, 6.07) is 9.42. The predicted octanol–water partition coefficient (Wildman–Crippen LogP) is 4.01. The molecule has 25 heavy (non-hydrogen) atoms. The van der Waals surface area contributed by atoms with Crippen LogP contribution in [-0.4, -0.2) is 23.5 Å². The average molecular weight is 340 g/mol. The number of methoxy groups -OCH3 is 1. The second-order valence-electron chi connectivity index (χ2n) is 5.75. The van der Waals surface area contributed by atoms with Gasteiger partial charge in [0.2, 0.25) is 5.91 Å². The first-order valence-electron chi connectivity index (χ1n) is 7.68. The van der Waals surface area contributed by atoms with Crippen LogP contribution >= 0.6 is 0 Å². The van der Waals surface area contributed by atoms with Crippen molar-refractivity contribution in [3.8, 4) is 5.75 Å². The van der Waals surface area contributed by atoms with E-state index in [0.717, 1.165) is 5.56 Å². The minimum atomic E-state index is -0.472. The first-order valence-corrected chi connectivity index (χ1v) is 7.68. The summed E-state index contributed by atoms with van der Waals surface area (Å²) >= 11 is 0. The van der Waals surface area contributed by atoms with Gasteiger partial charge in [0, 0.05) is 18.5 Å². The molecule has 0 saturated heterocycles. The van der Waals surface area contributed by atoms with Gasteiger partial charge in [-0.3, -0.25) is 14.2 Å². The third kappa shape index (κ3) is 3.10. The van der Waals surface area contributed by atoms with E-state index in [-0.39, 0.29) is 11.5 Å². The Labute approximate surface area is 144 Å². The van der Waals surface area contributed by atoms with Crippen molar-refractivity contribution < 1.29 is 18.7 Å². The lowest BCUT2D eigenvalue weighted by molar-refractivity contribution is 0.0941. The predicted molar refractivity (Wildman–Crippen MR) is 93.9 cm³/mol. The van der Waals surface area contributed by atoms with Crippen molar-refractivity contribution in [2.75, 3.05) is 12.4 Å². The highest BCUT2D eigenvalue weighted by Crippen LogP contribution is 2.28. The molecule has 1 amide bonds. The van der Waals surface area contributed by atoms with Crippen molar-refractivity contribution >= 4 is 28.4 Å². The fourth-order valence-electron chi connectivity index (χ4n) is 2.75. The lowest BCUT2D eigenvalue weighted by Crippen LogP contribution is -2.13. The van der Waals surface area contributed by atoms with E-state index in [9.17, 15) is 14.0 Å². The molecule has 3 aromatic rings. The molecular weight excluding hydrogens is 323 g/mol. The monoisotopic (exact) mass is 340 g/mol. The number of benzene rings is 2. The van der Waals surface area contributed by atoms with Gasteiger partial charge in [0.1, 0.15) is 11.6 Å². The van der Waals surface area contributed by atoms with Crippen LogP contribution in [0.25, 0.3) is 10.9 Å². The first kappa shape index (κ1) is 16.7. The number of hydrogen-bond donors (Lipinski definition) is 1. The average Bonchev–Trinajstić information content (AvgIpc) is 2.94. The molecule has 3 rings (SSSR count). The highest BCUT2D eigenvalue weighted by atomic mass is 19.1. The van der Waals surface area contributed by atoms with Crippen molar-refractivity contribution in [1.82, 2.24) is 4.57 Å². The molecule has 0 bridgehead atoms. The molecule has 1 aromatic heterocycles. The van der Waals surface area contributed by atoms with Gasteiger partial charge < -0.3 is 10.1 Å². The third-order valence-electron chi connectivity index (χ3n) is 3.95. The number of carbonyl (C=O) groups excluding carboxylic acids is 2. The van der Waals surface area contributed by atoms with Gasteiger partial charge in [-0.1, -0.05) is 6.07 Å². The maximum Gasteiger partial charge on any atom is 0.257 e. The molecule has 0 unspecified atom stereocenters. The fraction of sp³-hybridized carbons (Fsp3) is 0.158. The van der Waals surface area contributed by atoms with Crippen molar-refractivity contribution in [1.29, 1.82) is 0 Å². The zero-order chi connectivity index (χ0) is 18.1. The zero-order valence-corrected chi connectivity index (χ0v) is 14.1. The standard InChI is InChI=1S/C19H17FN2O3/c1-11-4-7-18(25-3)16(8-11)21-19(24)15-10-22(12(2)23)17-9-13(20)5-6-14(15)17/h4-10H,1-3H3,(H,21,24). The summed E-state index contributed by atoms with van der Waals surface area (Å²) in [5.74, 6) is -0.649. The van der Waals surface area contributed by atoms with Crippen LogP contribution < -0.4 is 10.1 Å². The number of halogens is 1. The molecule has 0 aliphatic heterocycles. The number of nitrogens with zero attached hydrogens (tertiary/aromatic N) is 1. The minimum absolute atomic E-state index is 0.286. The molecule has 0 saturated carbocycles. The Hall–Kier alpha value is -3.15. The Morgan fingerprint density at radius 3 is 2.60 bits per heavy atom. The number of anilines is 1. The van der Waals surface area contributed by atoms with Crippen LogP contribution in [0.3, 0.4) is 0 Å². The third-order valence-corrected chi connectivity index (χ3v) is 3.95. The van der Waals surface area contributed by atoms with Crippen molar-refractivity contribution in [3.63, 3.8) is 0 Å². The van der Waals surface area contributed by atoms with Crippen LogP contribution in [0.5, 0.6) is 5.75 Å². The summed E-state index contributed by atoms with van der Waals surface area (Å²) in [4.78, 5) is 24.5. The van der Waals surface area contributed by atoms with Crippen LogP contribution in [0, 0.1) is 12.7 Å². The molecule has 128 valence electrons. The summed E-state index contributed by atoms with van der Waals surface area (Å²) in [5.41, 5.74) is 2.13. The Kier molecular flexibility index (Phi) is 4.27. The van der Waals surface area contributed by atoms with Gasteiger partial charge in [-0.15, -0.1) is 0 Å². The topological polar surface area (TPSA) is 60.3 Å². The second kappa shape index (κ2) is 6.39. The highest BCUT2D eigenvalue weighted by Gasteiger charge is 2.18. The molecule has 0 atom stereocenters. The van der Waals surface area contributed by atoms with Gasteiger partial charge >= 0.3 is 0 Å². The quantitative estimate of drug-likeness (QED) is 0.784. The van der Waals surface area contributed by atoms with E-state index < -0.39 is 11.7 Å². The summed E-state index contributed by atoms with van der Waals surface area (Å²) in [7, 11) is 1.52. The Bertz CT molecular complexity index is 992. The maximum absolute atomic E-state index is 13.5. The van der Waals surface area contributed by atoms with Gasteiger partial charge in [-0.05, 0) is 42.8 Å². The van der Waals surface area contributed by atoms with E-state index in [4.69, 9.17) is 4.74 Å². The van der Waals surface area contributed by atoms with Crippen LogP contribution in [0.4, 0.5) is 10.1 Å². The SMILES string of the molecule is COc1ccc(C)cc1NC(=O)c1cn(C(C)=O)c2cc(F)ccc12. The summed E-state index contributed by atoms with van der Waals surface area (Å²) in [6.07, 6.45) is 1.42. The Balaban J connectivity index is 2.06. The molecule has 0 aliphatic rings. The van der Waals surface area contributed by atoms with E-state index in [1.807, 2.05) is 13.0 Å². The van der Waals surface area contributed by atoms with Gasteiger partial charge in [0.25, 0.3) is 5.91 Å². The van der Waals surface area contributed by atoms with Crippen LogP contribution in [0.15, 0.2) is 42.6 Å². The number of carbonyl (C=O) groups is 2. The summed E-state index contributed by atoms with van der Waals surface area (Å²) < 4.78 is 20.1. The van der Waals surface area contributed by atoms with Gasteiger partial charge in [-0.2, -0.15) is 0 Å². The molecule has 2 aromatic carbocycles. The van der Waals surface area contributed by atoms with Crippen molar-refractivity contribution in [3.05, 3.63) is 59.5 Å². The van der Waals surface area contributed by atoms with Crippen molar-refractivity contribution in [2.24, 2.45) is 0 Å². The van der Waals surface area contributed by atoms with E-state index in [0.29, 0.717) is 22.3 Å². The molecule has 5 nitrogen and oxygen atoms in total. The first-order chi connectivity index (χ1) is 11.9. The number of nitrogens with one attached hydrogen (secondary N) is 1. The lowest BCUT2D eigenvalue weighted by atomic mass is 10.1. The van der Waals surface area contributed by atoms with E-state index in [1.54, 1.807) is 12.1 Å². The fourth-order valence-corrected chi connectivity index (χ4v) is 2.75. The number of ether oxygens (including phenoxy) is 1. The van der Waals surface area contributed by atoms with Gasteiger partial charge in [0.05, 0.1) is 23.9 Å². The maximum atomic E-state index is 13.5. The largest absolute Gasteiger partial charge is 0.495 e. The van der Waals surface area contributed by atoms with Crippen molar-refractivity contribution in [2.45, 2.75) is 13.8 Å². The second-order valence-corrected chi connectivity index (χ2v) is 5.75. The van der Waals surface area contributed by atoms with Crippen LogP contribution in [0.1, 0.15) is 27.6 Å². The Morgan fingerprint density at radius 2 is 1.92 bits per heavy atom.